The van der Waals surface area contributed by atoms with E-state index in [0.29, 0.717) is 17.6 Å². The highest BCUT2D eigenvalue weighted by Gasteiger charge is 2.13. The number of carbonyl (C=O) groups excluding carboxylic acids is 1. The van der Waals surface area contributed by atoms with Gasteiger partial charge in [-0.1, -0.05) is 30.9 Å². The van der Waals surface area contributed by atoms with E-state index in [1.165, 1.54) is 0 Å². The Balaban J connectivity index is 1.55. The lowest BCUT2D eigenvalue weighted by atomic mass is 10.0. The molecular weight excluding hydrogens is 422 g/mol. The predicted molar refractivity (Wildman–Crippen MR) is 134 cm³/mol. The molecule has 0 atom stereocenters. The van der Waals surface area contributed by atoms with Gasteiger partial charge in [-0.2, -0.15) is 5.26 Å². The Morgan fingerprint density at radius 1 is 1.12 bits per heavy atom. The monoisotopic (exact) mass is 445 g/mol. The molecule has 0 bridgehead atoms. The molecule has 0 spiro atoms. The smallest absolute Gasteiger partial charge is 0.258 e. The third-order valence-corrected chi connectivity index (χ3v) is 5.45. The summed E-state index contributed by atoms with van der Waals surface area (Å²) >= 11 is 0. The number of hydrogen-bond donors (Lipinski definition) is 0. The second-order valence-corrected chi connectivity index (χ2v) is 7.62. The van der Waals surface area contributed by atoms with E-state index in [2.05, 4.69) is 22.6 Å². The van der Waals surface area contributed by atoms with Crippen LogP contribution in [-0.2, 0) is 6.42 Å². The van der Waals surface area contributed by atoms with Crippen LogP contribution in [0.25, 0.3) is 16.8 Å². The van der Waals surface area contributed by atoms with Crippen LogP contribution in [0.4, 0.5) is 5.69 Å². The fourth-order valence-electron chi connectivity index (χ4n) is 3.60. The molecule has 4 rings (SSSR count). The van der Waals surface area contributed by atoms with Crippen LogP contribution in [-0.4, -0.2) is 27.3 Å². The van der Waals surface area contributed by atoms with Crippen molar-refractivity contribution in [2.45, 2.75) is 6.42 Å². The molecule has 0 saturated heterocycles. The lowest BCUT2D eigenvalue weighted by Gasteiger charge is -2.17. The number of rotatable bonds is 7. The average molecular weight is 446 g/mol. The maximum absolute atomic E-state index is 12.8. The van der Waals surface area contributed by atoms with Gasteiger partial charge in [0.05, 0.1) is 11.6 Å². The molecule has 1 aromatic carbocycles. The number of pyridine rings is 2. The molecule has 6 nitrogen and oxygen atoms in total. The first-order valence-corrected chi connectivity index (χ1v) is 10.7. The van der Waals surface area contributed by atoms with Crippen LogP contribution >= 0.6 is 0 Å². The van der Waals surface area contributed by atoms with Crippen molar-refractivity contribution in [3.63, 3.8) is 0 Å². The van der Waals surface area contributed by atoms with Crippen molar-refractivity contribution in [1.29, 1.82) is 5.26 Å². The van der Waals surface area contributed by atoms with E-state index in [9.17, 15) is 4.79 Å². The topological polar surface area (TPSA) is 74.3 Å². The van der Waals surface area contributed by atoms with Crippen LogP contribution in [0.1, 0.15) is 16.1 Å². The van der Waals surface area contributed by atoms with Gasteiger partial charge in [0, 0.05) is 55.2 Å². The van der Waals surface area contributed by atoms with Crippen molar-refractivity contribution >= 4 is 17.2 Å². The van der Waals surface area contributed by atoms with Crippen LogP contribution in [0.5, 0.6) is 0 Å². The molecule has 0 aliphatic rings. The Hall–Kier alpha value is -4.76. The van der Waals surface area contributed by atoms with Gasteiger partial charge < -0.3 is 9.30 Å². The Bertz CT molecular complexity index is 1420. The van der Waals surface area contributed by atoms with Crippen molar-refractivity contribution in [2.75, 3.05) is 11.9 Å². The van der Waals surface area contributed by atoms with Gasteiger partial charge in [-0.05, 0) is 59.7 Å². The van der Waals surface area contributed by atoms with E-state index in [1.807, 2.05) is 59.3 Å². The summed E-state index contributed by atoms with van der Waals surface area (Å²) in [5.74, 6) is -0.0841. The molecule has 0 radical (unpaired) electrons. The van der Waals surface area contributed by atoms with Crippen molar-refractivity contribution in [3.8, 4) is 17.2 Å². The third kappa shape index (κ3) is 4.84. The number of benzene rings is 1. The highest BCUT2D eigenvalue weighted by atomic mass is 16.2. The molecule has 0 saturated carbocycles. The van der Waals surface area contributed by atoms with E-state index in [0.717, 1.165) is 28.2 Å². The van der Waals surface area contributed by atoms with Gasteiger partial charge in [0.25, 0.3) is 5.91 Å². The van der Waals surface area contributed by atoms with Gasteiger partial charge in [-0.3, -0.25) is 9.78 Å². The normalized spacial score (nSPS) is 11.5. The standard InChI is InChI=1S/C28H23N5O/c1-3-5-21(18-29)6-4-7-26-19-31-27-13-12-24(20-33(26)27)22-8-10-23(11-9-22)28(34)32(2)25-14-16-30-17-15-25/h3-6,8-17,19-20H,1,7H2,2H3/b6-4-,21-5+. The minimum absolute atomic E-state index is 0.0841. The molecular formula is C28H23N5O. The molecule has 1 amide bonds. The summed E-state index contributed by atoms with van der Waals surface area (Å²) < 4.78 is 2.04. The van der Waals surface area contributed by atoms with Crippen molar-refractivity contribution in [1.82, 2.24) is 14.4 Å². The summed E-state index contributed by atoms with van der Waals surface area (Å²) in [6.07, 6.45) is 14.8. The van der Waals surface area contributed by atoms with Crippen molar-refractivity contribution in [3.05, 3.63) is 121 Å². The molecule has 6 heteroatoms. The summed E-state index contributed by atoms with van der Waals surface area (Å²) in [4.78, 5) is 22.9. The molecule has 3 heterocycles. The molecule has 0 N–H and O–H groups in total. The zero-order chi connectivity index (χ0) is 23.9. The Kier molecular flexibility index (Phi) is 6.76. The molecule has 4 aromatic rings. The minimum atomic E-state index is -0.0841. The number of nitriles is 1. The summed E-state index contributed by atoms with van der Waals surface area (Å²) in [7, 11) is 1.75. The molecule has 166 valence electrons. The maximum Gasteiger partial charge on any atom is 0.258 e. The van der Waals surface area contributed by atoms with Crippen LogP contribution in [0.3, 0.4) is 0 Å². The first kappa shape index (κ1) is 22.4. The van der Waals surface area contributed by atoms with E-state index < -0.39 is 0 Å². The highest BCUT2D eigenvalue weighted by Crippen LogP contribution is 2.23. The summed E-state index contributed by atoms with van der Waals surface area (Å²) in [6, 6.07) is 17.3. The fourth-order valence-corrected chi connectivity index (χ4v) is 3.60. The first-order chi connectivity index (χ1) is 16.6. The average Bonchev–Trinajstić information content (AvgIpc) is 3.30. The zero-order valence-electron chi connectivity index (χ0n) is 18.8. The van der Waals surface area contributed by atoms with Crippen molar-refractivity contribution < 1.29 is 4.79 Å². The van der Waals surface area contributed by atoms with E-state index >= 15 is 0 Å². The Labute approximate surface area is 198 Å². The number of fused-ring (bicyclic) bond motifs is 1. The third-order valence-electron chi connectivity index (χ3n) is 5.45. The molecule has 3 aromatic heterocycles. The number of carbonyl (C=O) groups is 1. The Morgan fingerprint density at radius 2 is 1.85 bits per heavy atom. The van der Waals surface area contributed by atoms with Crippen LogP contribution in [0, 0.1) is 11.3 Å². The number of anilines is 1. The molecule has 0 aliphatic carbocycles. The number of aromatic nitrogens is 3. The second kappa shape index (κ2) is 10.2. The van der Waals surface area contributed by atoms with E-state index in [1.54, 1.807) is 54.7 Å². The van der Waals surface area contributed by atoms with Gasteiger partial charge in [0.2, 0.25) is 0 Å². The number of hydrogen-bond acceptors (Lipinski definition) is 4. The van der Waals surface area contributed by atoms with Crippen LogP contribution in [0.2, 0.25) is 0 Å². The summed E-state index contributed by atoms with van der Waals surface area (Å²) in [5, 5.41) is 9.13. The lowest BCUT2D eigenvalue weighted by molar-refractivity contribution is 0.0993. The summed E-state index contributed by atoms with van der Waals surface area (Å²) in [5.41, 5.74) is 5.82. The van der Waals surface area contributed by atoms with Gasteiger partial charge >= 0.3 is 0 Å². The zero-order valence-corrected chi connectivity index (χ0v) is 18.8. The first-order valence-electron chi connectivity index (χ1n) is 10.7. The van der Waals surface area contributed by atoms with Gasteiger partial charge in [-0.15, -0.1) is 0 Å². The number of nitrogens with zero attached hydrogens (tertiary/aromatic N) is 5. The fraction of sp³-hybridized carbons (Fsp3) is 0.0714. The summed E-state index contributed by atoms with van der Waals surface area (Å²) in [6.45, 7) is 3.62. The quantitative estimate of drug-likeness (QED) is 0.282. The predicted octanol–water partition coefficient (Wildman–Crippen LogP) is 5.41. The lowest BCUT2D eigenvalue weighted by Crippen LogP contribution is -2.26. The van der Waals surface area contributed by atoms with E-state index in [-0.39, 0.29) is 5.91 Å². The minimum Gasteiger partial charge on any atom is -0.311 e. The second-order valence-electron chi connectivity index (χ2n) is 7.62. The Morgan fingerprint density at radius 3 is 2.56 bits per heavy atom. The van der Waals surface area contributed by atoms with Crippen LogP contribution in [0.15, 0.2) is 110 Å². The molecule has 34 heavy (non-hydrogen) atoms. The van der Waals surface area contributed by atoms with E-state index in [4.69, 9.17) is 5.26 Å². The maximum atomic E-state index is 12.8. The highest BCUT2D eigenvalue weighted by molar-refractivity contribution is 6.05. The number of amides is 1. The number of imidazole rings is 1. The van der Waals surface area contributed by atoms with Gasteiger partial charge in [-0.25, -0.2) is 4.98 Å². The largest absolute Gasteiger partial charge is 0.311 e. The van der Waals surface area contributed by atoms with Gasteiger partial charge in [0.1, 0.15) is 5.65 Å². The SMILES string of the molecule is C=C/C=C(C#N)\C=C/Cc1cnc2ccc(-c3ccc(C(=O)N(C)c4ccncc4)cc3)cn12. The number of allylic oxidation sites excluding steroid dienone is 5. The molecule has 0 aliphatic heterocycles. The van der Waals surface area contributed by atoms with Gasteiger partial charge in [0.15, 0.2) is 0 Å². The van der Waals surface area contributed by atoms with Crippen LogP contribution < -0.4 is 4.90 Å². The molecule has 0 fully saturated rings. The molecule has 0 unspecified atom stereocenters. The van der Waals surface area contributed by atoms with Crippen molar-refractivity contribution in [2.24, 2.45) is 0 Å².